The molecule has 2 aromatic rings. The van der Waals surface area contributed by atoms with E-state index < -0.39 is 5.91 Å². The van der Waals surface area contributed by atoms with Crippen molar-refractivity contribution in [3.63, 3.8) is 0 Å². The Hall–Kier alpha value is -3.66. The first kappa shape index (κ1) is 19.7. The molecule has 0 bridgehead atoms. The van der Waals surface area contributed by atoms with E-state index in [0.717, 1.165) is 0 Å². The van der Waals surface area contributed by atoms with Gasteiger partial charge in [-0.05, 0) is 36.4 Å². The average molecular weight is 368 g/mol. The molecule has 0 heterocycles. The molecular formula is C20H20N2O5. The lowest BCUT2D eigenvalue weighted by Gasteiger charge is -2.06. The molecule has 0 aromatic heterocycles. The third-order valence-electron chi connectivity index (χ3n) is 3.38. The zero-order chi connectivity index (χ0) is 19.5. The van der Waals surface area contributed by atoms with Crippen LogP contribution < -0.4 is 25.3 Å². The number of hydrogen-bond donors (Lipinski definition) is 2. The van der Waals surface area contributed by atoms with Crippen LogP contribution in [0.15, 0.2) is 48.5 Å². The van der Waals surface area contributed by atoms with Gasteiger partial charge in [-0.3, -0.25) is 9.59 Å². The van der Waals surface area contributed by atoms with E-state index in [-0.39, 0.29) is 25.7 Å². The number of carbonyl (C=O) groups excluding carboxylic acids is 2. The highest BCUT2D eigenvalue weighted by Crippen LogP contribution is 2.17. The summed E-state index contributed by atoms with van der Waals surface area (Å²) in [5.74, 6) is 6.29. The lowest BCUT2D eigenvalue weighted by Crippen LogP contribution is -2.29. The summed E-state index contributed by atoms with van der Waals surface area (Å²) < 4.78 is 15.8. The second kappa shape index (κ2) is 10.4. The maximum atomic E-state index is 11.7. The Kier molecular flexibility index (Phi) is 7.54. The highest BCUT2D eigenvalue weighted by Gasteiger charge is 2.07. The molecule has 3 N–H and O–H groups in total. The van der Waals surface area contributed by atoms with Crippen molar-refractivity contribution < 1.29 is 23.8 Å². The summed E-state index contributed by atoms with van der Waals surface area (Å²) >= 11 is 0. The molecule has 0 atom stereocenters. The van der Waals surface area contributed by atoms with Gasteiger partial charge >= 0.3 is 0 Å². The summed E-state index contributed by atoms with van der Waals surface area (Å²) in [7, 11) is 1.58. The first-order chi connectivity index (χ1) is 13.1. The standard InChI is InChI=1S/C20H20N2O5/c1-25-15-8-10-16(11-9-15)27-14-19(23)22-12-4-5-13-26-18-7-3-2-6-17(18)20(21)24/h2-3,6-11H,12-14H2,1H3,(H2,21,24)(H,22,23). The van der Waals surface area contributed by atoms with Gasteiger partial charge in [-0.15, -0.1) is 0 Å². The van der Waals surface area contributed by atoms with E-state index in [0.29, 0.717) is 22.8 Å². The Morgan fingerprint density at radius 2 is 1.70 bits per heavy atom. The summed E-state index contributed by atoms with van der Waals surface area (Å²) in [4.78, 5) is 23.0. The monoisotopic (exact) mass is 368 g/mol. The molecular weight excluding hydrogens is 348 g/mol. The fourth-order valence-electron chi connectivity index (χ4n) is 2.04. The van der Waals surface area contributed by atoms with E-state index in [1.54, 1.807) is 55.6 Å². The molecule has 0 saturated heterocycles. The highest BCUT2D eigenvalue weighted by atomic mass is 16.5. The highest BCUT2D eigenvalue weighted by molar-refractivity contribution is 5.95. The maximum Gasteiger partial charge on any atom is 0.258 e. The molecule has 2 amide bonds. The fourth-order valence-corrected chi connectivity index (χ4v) is 2.04. The molecule has 0 aliphatic heterocycles. The number of benzene rings is 2. The van der Waals surface area contributed by atoms with Crippen LogP contribution in [0.2, 0.25) is 0 Å². The summed E-state index contributed by atoms with van der Waals surface area (Å²) in [5, 5.41) is 2.61. The van der Waals surface area contributed by atoms with Crippen LogP contribution in [0, 0.1) is 11.8 Å². The van der Waals surface area contributed by atoms with Crippen LogP contribution in [-0.4, -0.2) is 38.7 Å². The molecule has 0 aliphatic rings. The molecule has 0 saturated carbocycles. The number of para-hydroxylation sites is 1. The maximum absolute atomic E-state index is 11.7. The van der Waals surface area contributed by atoms with Crippen LogP contribution in [0.3, 0.4) is 0 Å². The van der Waals surface area contributed by atoms with Crippen molar-refractivity contribution in [2.75, 3.05) is 26.9 Å². The van der Waals surface area contributed by atoms with Crippen LogP contribution in [0.4, 0.5) is 0 Å². The third kappa shape index (κ3) is 6.63. The van der Waals surface area contributed by atoms with Crippen molar-refractivity contribution in [1.29, 1.82) is 0 Å². The van der Waals surface area contributed by atoms with Crippen molar-refractivity contribution in [3.8, 4) is 29.1 Å². The Morgan fingerprint density at radius 3 is 2.41 bits per heavy atom. The van der Waals surface area contributed by atoms with Gasteiger partial charge in [0.15, 0.2) is 6.61 Å². The first-order valence-electron chi connectivity index (χ1n) is 8.11. The Bertz CT molecular complexity index is 837. The molecule has 0 radical (unpaired) electrons. The number of amides is 2. The van der Waals surface area contributed by atoms with Crippen LogP contribution in [0.25, 0.3) is 0 Å². The largest absolute Gasteiger partial charge is 0.497 e. The number of nitrogens with two attached hydrogens (primary N) is 1. The topological polar surface area (TPSA) is 99.9 Å². The minimum absolute atomic E-state index is 0.0719. The van der Waals surface area contributed by atoms with Crippen molar-refractivity contribution in [2.24, 2.45) is 5.73 Å². The summed E-state index contributed by atoms with van der Waals surface area (Å²) in [5.41, 5.74) is 5.56. The molecule has 0 aliphatic carbocycles. The van der Waals surface area contributed by atoms with E-state index in [2.05, 4.69) is 17.2 Å². The van der Waals surface area contributed by atoms with Gasteiger partial charge in [0.05, 0.1) is 19.2 Å². The number of nitrogens with one attached hydrogen (secondary N) is 1. The molecule has 0 fully saturated rings. The van der Waals surface area contributed by atoms with Gasteiger partial charge in [-0.25, -0.2) is 0 Å². The molecule has 0 spiro atoms. The SMILES string of the molecule is COc1ccc(OCC(=O)NCC#CCOc2ccccc2C(N)=O)cc1. The van der Waals surface area contributed by atoms with Crippen molar-refractivity contribution in [1.82, 2.24) is 5.32 Å². The number of rotatable bonds is 8. The van der Waals surface area contributed by atoms with Gasteiger partial charge in [0.1, 0.15) is 23.9 Å². The predicted molar refractivity (Wildman–Crippen MR) is 99.7 cm³/mol. The van der Waals surface area contributed by atoms with Gasteiger partial charge in [-0.2, -0.15) is 0 Å². The molecule has 7 nitrogen and oxygen atoms in total. The lowest BCUT2D eigenvalue weighted by atomic mass is 10.2. The van der Waals surface area contributed by atoms with Gasteiger partial charge < -0.3 is 25.3 Å². The minimum atomic E-state index is -0.567. The van der Waals surface area contributed by atoms with E-state index in [9.17, 15) is 9.59 Å². The number of primary amides is 1. The summed E-state index contributed by atoms with van der Waals surface area (Å²) in [6.45, 7) is 0.116. The van der Waals surface area contributed by atoms with E-state index in [1.165, 1.54) is 0 Å². The first-order valence-corrected chi connectivity index (χ1v) is 8.11. The molecule has 7 heteroatoms. The zero-order valence-electron chi connectivity index (χ0n) is 14.9. The van der Waals surface area contributed by atoms with Gasteiger partial charge in [0, 0.05) is 0 Å². The van der Waals surface area contributed by atoms with Crippen molar-refractivity contribution in [2.45, 2.75) is 0 Å². The van der Waals surface area contributed by atoms with E-state index >= 15 is 0 Å². The summed E-state index contributed by atoms with van der Waals surface area (Å²) in [6, 6.07) is 13.6. The number of hydrogen-bond acceptors (Lipinski definition) is 5. The van der Waals surface area contributed by atoms with E-state index in [1.807, 2.05) is 0 Å². The molecule has 2 aromatic carbocycles. The fraction of sp³-hybridized carbons (Fsp3) is 0.200. The number of carbonyl (C=O) groups is 2. The number of methoxy groups -OCH3 is 1. The average Bonchev–Trinajstić information content (AvgIpc) is 2.69. The second-order valence-electron chi connectivity index (χ2n) is 5.24. The Morgan fingerprint density at radius 1 is 1.00 bits per heavy atom. The molecule has 0 unspecified atom stereocenters. The predicted octanol–water partition coefficient (Wildman–Crippen LogP) is 1.37. The normalized spacial score (nSPS) is 9.52. The Labute approximate surface area is 157 Å². The quantitative estimate of drug-likeness (QED) is 0.686. The van der Waals surface area contributed by atoms with Gasteiger partial charge in [0.2, 0.25) is 0 Å². The van der Waals surface area contributed by atoms with Crippen LogP contribution in [-0.2, 0) is 4.79 Å². The van der Waals surface area contributed by atoms with Crippen molar-refractivity contribution in [3.05, 3.63) is 54.1 Å². The third-order valence-corrected chi connectivity index (χ3v) is 3.38. The molecule has 140 valence electrons. The second-order valence-corrected chi connectivity index (χ2v) is 5.24. The smallest absolute Gasteiger partial charge is 0.258 e. The van der Waals surface area contributed by atoms with Crippen LogP contribution in [0.1, 0.15) is 10.4 Å². The Balaban J connectivity index is 1.67. The lowest BCUT2D eigenvalue weighted by molar-refractivity contribution is -0.122. The van der Waals surface area contributed by atoms with Gasteiger partial charge in [0.25, 0.3) is 11.8 Å². The summed E-state index contributed by atoms with van der Waals surface area (Å²) in [6.07, 6.45) is 0. The van der Waals surface area contributed by atoms with Crippen LogP contribution >= 0.6 is 0 Å². The molecule has 2 rings (SSSR count). The van der Waals surface area contributed by atoms with E-state index in [4.69, 9.17) is 19.9 Å². The minimum Gasteiger partial charge on any atom is -0.497 e. The van der Waals surface area contributed by atoms with Crippen molar-refractivity contribution >= 4 is 11.8 Å². The zero-order valence-corrected chi connectivity index (χ0v) is 14.9. The number of ether oxygens (including phenoxy) is 3. The molecule has 27 heavy (non-hydrogen) atoms. The van der Waals surface area contributed by atoms with Gasteiger partial charge in [-0.1, -0.05) is 24.0 Å². The van der Waals surface area contributed by atoms with Crippen LogP contribution in [0.5, 0.6) is 17.2 Å².